The number of hydrogen-bond donors (Lipinski definition) is 5. The number of aromatic hydroxyl groups is 2. The number of aliphatic hydroxyl groups is 3. The summed E-state index contributed by atoms with van der Waals surface area (Å²) in [4.78, 5) is 12.2. The monoisotopic (exact) mass is 506 g/mol. The van der Waals surface area contributed by atoms with Crippen molar-refractivity contribution in [3.05, 3.63) is 53.6 Å². The van der Waals surface area contributed by atoms with Crippen molar-refractivity contribution < 1.29 is 54.0 Å². The van der Waals surface area contributed by atoms with Crippen molar-refractivity contribution in [2.45, 2.75) is 37.1 Å². The lowest BCUT2D eigenvalue weighted by Crippen LogP contribution is -2.59. The SMILES string of the molecule is COc1cc(/C=C/C(=O)OC[C@H]2O[C@@H](OCCc3ccc(O)cc3)[C@H](O)[C@@H](O)[C@@H]2O)cc(OC)c1O. The highest BCUT2D eigenvalue weighted by Gasteiger charge is 2.44. The van der Waals surface area contributed by atoms with Crippen LogP contribution >= 0.6 is 0 Å². The first-order valence-corrected chi connectivity index (χ1v) is 11.1. The van der Waals surface area contributed by atoms with Crippen molar-refractivity contribution >= 4 is 12.0 Å². The maximum absolute atomic E-state index is 12.2. The molecule has 1 heterocycles. The van der Waals surface area contributed by atoms with Crippen LogP contribution in [0, 0.1) is 0 Å². The van der Waals surface area contributed by atoms with Gasteiger partial charge in [0, 0.05) is 6.08 Å². The van der Waals surface area contributed by atoms with Gasteiger partial charge in [0.15, 0.2) is 17.8 Å². The molecule has 3 rings (SSSR count). The zero-order chi connectivity index (χ0) is 26.2. The predicted molar refractivity (Wildman–Crippen MR) is 126 cm³/mol. The Morgan fingerprint density at radius 1 is 0.972 bits per heavy atom. The molecule has 0 amide bonds. The van der Waals surface area contributed by atoms with E-state index >= 15 is 0 Å². The molecule has 0 radical (unpaired) electrons. The molecule has 0 bridgehead atoms. The first-order valence-electron chi connectivity index (χ1n) is 11.1. The van der Waals surface area contributed by atoms with Crippen LogP contribution in [0.4, 0.5) is 0 Å². The van der Waals surface area contributed by atoms with Crippen molar-refractivity contribution in [2.75, 3.05) is 27.4 Å². The molecule has 2 aromatic rings. The van der Waals surface area contributed by atoms with Gasteiger partial charge in [0.05, 0.1) is 20.8 Å². The predicted octanol–water partition coefficient (Wildman–Crippen LogP) is 0.738. The Morgan fingerprint density at radius 2 is 1.61 bits per heavy atom. The van der Waals surface area contributed by atoms with Crippen LogP contribution in [0.3, 0.4) is 0 Å². The van der Waals surface area contributed by atoms with Crippen molar-refractivity contribution in [1.29, 1.82) is 0 Å². The Hall–Kier alpha value is -3.35. The van der Waals surface area contributed by atoms with Gasteiger partial charge in [0.25, 0.3) is 0 Å². The normalized spacial score (nSPS) is 24.0. The van der Waals surface area contributed by atoms with Crippen molar-refractivity contribution in [3.8, 4) is 23.0 Å². The standard InChI is InChI=1S/C25H30O11/c1-32-17-11-15(12-18(33-2)21(17)28)5-8-20(27)35-13-19-22(29)23(30)24(31)25(36-19)34-10-9-14-3-6-16(26)7-4-14/h3-8,11-12,19,22-26,28-31H,9-10,13H2,1-2H3/b8-5+/t19-,22-,23+,24-,25-/m1/s1. The van der Waals surface area contributed by atoms with E-state index in [1.807, 2.05) is 0 Å². The third-order valence-electron chi connectivity index (χ3n) is 5.58. The Kier molecular flexibility index (Phi) is 9.51. The molecule has 1 fully saturated rings. The van der Waals surface area contributed by atoms with E-state index in [4.69, 9.17) is 23.7 Å². The Balaban J connectivity index is 1.54. The second-order valence-electron chi connectivity index (χ2n) is 8.04. The molecule has 0 spiro atoms. The quantitative estimate of drug-likeness (QED) is 0.228. The topological polar surface area (TPSA) is 164 Å². The van der Waals surface area contributed by atoms with Gasteiger partial charge in [0.2, 0.25) is 5.75 Å². The largest absolute Gasteiger partial charge is 0.508 e. The summed E-state index contributed by atoms with van der Waals surface area (Å²) < 4.78 is 26.4. The number of carbonyl (C=O) groups excluding carboxylic acids is 1. The summed E-state index contributed by atoms with van der Waals surface area (Å²) in [7, 11) is 2.75. The summed E-state index contributed by atoms with van der Waals surface area (Å²) in [5, 5.41) is 49.9. The minimum atomic E-state index is -1.58. The van der Waals surface area contributed by atoms with Crippen LogP contribution in [0.15, 0.2) is 42.5 Å². The van der Waals surface area contributed by atoms with Crippen LogP contribution in [0.5, 0.6) is 23.0 Å². The summed E-state index contributed by atoms with van der Waals surface area (Å²) in [5.41, 5.74) is 1.37. The van der Waals surface area contributed by atoms with E-state index < -0.39 is 43.3 Å². The molecule has 5 atom stereocenters. The Labute approximate surface area is 207 Å². The molecule has 11 nitrogen and oxygen atoms in total. The Morgan fingerprint density at radius 3 is 2.22 bits per heavy atom. The maximum Gasteiger partial charge on any atom is 0.330 e. The van der Waals surface area contributed by atoms with Gasteiger partial charge in [-0.1, -0.05) is 12.1 Å². The fourth-order valence-corrected chi connectivity index (χ4v) is 3.53. The summed E-state index contributed by atoms with van der Waals surface area (Å²) in [5.74, 6) is -0.487. The molecule has 36 heavy (non-hydrogen) atoms. The molecule has 0 saturated carbocycles. The van der Waals surface area contributed by atoms with Gasteiger partial charge in [-0.2, -0.15) is 0 Å². The number of phenolic OH excluding ortho intramolecular Hbond substituents is 2. The van der Waals surface area contributed by atoms with Crippen LogP contribution in [0.25, 0.3) is 6.08 Å². The fraction of sp³-hybridized carbons (Fsp3) is 0.400. The summed E-state index contributed by atoms with van der Waals surface area (Å²) in [6.07, 6.45) is -4.01. The fourth-order valence-electron chi connectivity index (χ4n) is 3.53. The molecule has 11 heteroatoms. The van der Waals surface area contributed by atoms with Crippen LogP contribution in [-0.2, 0) is 25.4 Å². The van der Waals surface area contributed by atoms with Gasteiger partial charge in [-0.3, -0.25) is 0 Å². The molecular weight excluding hydrogens is 476 g/mol. The second kappa shape index (κ2) is 12.6. The number of phenols is 2. The van der Waals surface area contributed by atoms with Gasteiger partial charge in [-0.25, -0.2) is 4.79 Å². The average Bonchev–Trinajstić information content (AvgIpc) is 2.88. The molecule has 2 aromatic carbocycles. The van der Waals surface area contributed by atoms with Crippen LogP contribution in [0.1, 0.15) is 11.1 Å². The highest BCUT2D eigenvalue weighted by Crippen LogP contribution is 2.37. The third kappa shape index (κ3) is 6.86. The lowest BCUT2D eigenvalue weighted by atomic mass is 9.99. The minimum Gasteiger partial charge on any atom is -0.508 e. The van der Waals surface area contributed by atoms with Crippen molar-refractivity contribution in [1.82, 2.24) is 0 Å². The van der Waals surface area contributed by atoms with E-state index in [0.29, 0.717) is 12.0 Å². The molecule has 0 aromatic heterocycles. The van der Waals surface area contributed by atoms with Crippen LogP contribution < -0.4 is 9.47 Å². The smallest absolute Gasteiger partial charge is 0.330 e. The number of aliphatic hydroxyl groups excluding tert-OH is 3. The molecule has 0 unspecified atom stereocenters. The number of esters is 1. The van der Waals surface area contributed by atoms with Gasteiger partial charge in [-0.05, 0) is 47.9 Å². The van der Waals surface area contributed by atoms with Crippen molar-refractivity contribution in [2.24, 2.45) is 0 Å². The van der Waals surface area contributed by atoms with E-state index in [-0.39, 0.29) is 29.6 Å². The summed E-state index contributed by atoms with van der Waals surface area (Å²) in [6, 6.07) is 9.50. The highest BCUT2D eigenvalue weighted by molar-refractivity contribution is 5.87. The Bertz CT molecular complexity index is 1010. The second-order valence-corrected chi connectivity index (χ2v) is 8.04. The zero-order valence-corrected chi connectivity index (χ0v) is 19.8. The maximum atomic E-state index is 12.2. The van der Waals surface area contributed by atoms with E-state index in [0.717, 1.165) is 11.6 Å². The van der Waals surface area contributed by atoms with E-state index in [1.165, 1.54) is 44.6 Å². The van der Waals surface area contributed by atoms with Crippen LogP contribution in [-0.4, -0.2) is 89.6 Å². The van der Waals surface area contributed by atoms with E-state index in [9.17, 15) is 30.3 Å². The van der Waals surface area contributed by atoms with Gasteiger partial charge >= 0.3 is 5.97 Å². The molecule has 0 aliphatic carbocycles. The average molecular weight is 507 g/mol. The number of rotatable bonds is 10. The lowest BCUT2D eigenvalue weighted by molar-refractivity contribution is -0.301. The number of ether oxygens (including phenoxy) is 5. The first kappa shape index (κ1) is 27.2. The van der Waals surface area contributed by atoms with Gasteiger partial charge in [0.1, 0.15) is 36.8 Å². The van der Waals surface area contributed by atoms with Gasteiger partial charge in [-0.15, -0.1) is 0 Å². The zero-order valence-electron chi connectivity index (χ0n) is 19.8. The molecule has 1 aliphatic rings. The number of benzene rings is 2. The first-order chi connectivity index (χ1) is 17.2. The van der Waals surface area contributed by atoms with Gasteiger partial charge < -0.3 is 49.2 Å². The summed E-state index contributed by atoms with van der Waals surface area (Å²) >= 11 is 0. The lowest BCUT2D eigenvalue weighted by Gasteiger charge is -2.39. The minimum absolute atomic E-state index is 0.129. The molecule has 1 saturated heterocycles. The number of carbonyl (C=O) groups is 1. The van der Waals surface area contributed by atoms with E-state index in [2.05, 4.69) is 0 Å². The van der Waals surface area contributed by atoms with Crippen molar-refractivity contribution in [3.63, 3.8) is 0 Å². The third-order valence-corrected chi connectivity index (χ3v) is 5.58. The molecule has 5 N–H and O–H groups in total. The highest BCUT2D eigenvalue weighted by atomic mass is 16.7. The van der Waals surface area contributed by atoms with E-state index in [1.54, 1.807) is 12.1 Å². The molecule has 196 valence electrons. The number of hydrogen-bond acceptors (Lipinski definition) is 11. The molecular formula is C25H30O11. The summed E-state index contributed by atoms with van der Waals surface area (Å²) in [6.45, 7) is -0.279. The van der Waals surface area contributed by atoms with Crippen LogP contribution in [0.2, 0.25) is 0 Å². The molecule has 1 aliphatic heterocycles. The number of methoxy groups -OCH3 is 2.